The summed E-state index contributed by atoms with van der Waals surface area (Å²) in [6.07, 6.45) is 1.20. The lowest BCUT2D eigenvalue weighted by atomic mass is 9.61. The van der Waals surface area contributed by atoms with E-state index < -0.39 is 17.6 Å². The number of esters is 3. The second-order valence-electron chi connectivity index (χ2n) is 10.5. The molecule has 1 heterocycles. The van der Waals surface area contributed by atoms with E-state index in [4.69, 9.17) is 14.2 Å². The number of carbonyl (C=O) groups is 3. The lowest BCUT2D eigenvalue weighted by Gasteiger charge is -2.46. The highest BCUT2D eigenvalue weighted by Crippen LogP contribution is 2.66. The Balaban J connectivity index is 2.05. The maximum absolute atomic E-state index is 13.1. The molecule has 6 heteroatoms. The summed E-state index contributed by atoms with van der Waals surface area (Å²) in [5, 5.41) is 0. The monoisotopic (exact) mass is 420 g/mol. The zero-order valence-electron chi connectivity index (χ0n) is 19.2. The van der Waals surface area contributed by atoms with Crippen LogP contribution in [-0.2, 0) is 28.6 Å². The van der Waals surface area contributed by atoms with E-state index in [0.717, 1.165) is 6.42 Å². The van der Waals surface area contributed by atoms with Crippen molar-refractivity contribution in [1.82, 2.24) is 0 Å². The first-order valence-corrected chi connectivity index (χ1v) is 11.2. The van der Waals surface area contributed by atoms with Crippen molar-refractivity contribution in [3.63, 3.8) is 0 Å². The number of cyclic esters (lactones) is 1. The van der Waals surface area contributed by atoms with Crippen LogP contribution in [0.4, 0.5) is 0 Å². The predicted molar refractivity (Wildman–Crippen MR) is 111 cm³/mol. The minimum Gasteiger partial charge on any atom is -0.462 e. The van der Waals surface area contributed by atoms with Gasteiger partial charge in [-0.2, -0.15) is 0 Å². The molecule has 2 aliphatic carbocycles. The van der Waals surface area contributed by atoms with Crippen LogP contribution in [0.5, 0.6) is 0 Å². The Morgan fingerprint density at radius 2 is 1.87 bits per heavy atom. The Morgan fingerprint density at radius 3 is 2.40 bits per heavy atom. The van der Waals surface area contributed by atoms with Gasteiger partial charge in [-0.15, -0.1) is 0 Å². The summed E-state index contributed by atoms with van der Waals surface area (Å²) < 4.78 is 17.4. The topological polar surface area (TPSA) is 78.9 Å². The number of hydrogen-bond acceptors (Lipinski definition) is 6. The van der Waals surface area contributed by atoms with E-state index >= 15 is 0 Å². The van der Waals surface area contributed by atoms with Gasteiger partial charge in [-0.25, -0.2) is 0 Å². The Morgan fingerprint density at radius 1 is 1.20 bits per heavy atom. The van der Waals surface area contributed by atoms with Crippen molar-refractivity contribution in [1.29, 1.82) is 0 Å². The molecule has 0 bridgehead atoms. The van der Waals surface area contributed by atoms with Gasteiger partial charge < -0.3 is 14.2 Å². The van der Waals surface area contributed by atoms with Crippen molar-refractivity contribution in [3.05, 3.63) is 12.2 Å². The Hall–Kier alpha value is -1.85. The zero-order chi connectivity index (χ0) is 22.4. The van der Waals surface area contributed by atoms with E-state index in [0.29, 0.717) is 18.4 Å². The van der Waals surface area contributed by atoms with Crippen LogP contribution in [0.15, 0.2) is 12.2 Å². The third kappa shape index (κ3) is 3.56. The average Bonchev–Trinajstić information content (AvgIpc) is 3.07. The van der Waals surface area contributed by atoms with Crippen molar-refractivity contribution in [2.24, 2.45) is 34.5 Å². The van der Waals surface area contributed by atoms with Gasteiger partial charge in [-0.3, -0.25) is 14.4 Å². The van der Waals surface area contributed by atoms with Gasteiger partial charge in [-0.05, 0) is 42.1 Å². The fourth-order valence-electron chi connectivity index (χ4n) is 5.70. The predicted octanol–water partition coefficient (Wildman–Crippen LogP) is 4.07. The molecule has 30 heavy (non-hydrogen) atoms. The highest BCUT2D eigenvalue weighted by atomic mass is 16.6. The van der Waals surface area contributed by atoms with Crippen molar-refractivity contribution >= 4 is 17.9 Å². The fourth-order valence-corrected chi connectivity index (χ4v) is 5.70. The summed E-state index contributed by atoms with van der Waals surface area (Å²) in [6, 6.07) is 0. The molecule has 6 unspecified atom stereocenters. The second-order valence-corrected chi connectivity index (χ2v) is 10.5. The van der Waals surface area contributed by atoms with Crippen LogP contribution in [0, 0.1) is 34.5 Å². The number of carbonyl (C=O) groups excluding carboxylic acids is 3. The molecule has 6 nitrogen and oxygen atoms in total. The van der Waals surface area contributed by atoms with Crippen LogP contribution in [0.25, 0.3) is 0 Å². The van der Waals surface area contributed by atoms with Crippen molar-refractivity contribution < 1.29 is 28.6 Å². The molecular weight excluding hydrogens is 384 g/mol. The van der Waals surface area contributed by atoms with Crippen molar-refractivity contribution in [2.45, 2.75) is 79.4 Å². The molecule has 2 saturated carbocycles. The second kappa shape index (κ2) is 8.01. The SMILES string of the molecule is C=C1COC(=O)C12CC1(C)C(C)CCC(OC(=O)C(C)C)C1C2OC(=O)CC(C)C. The maximum atomic E-state index is 13.1. The molecule has 0 amide bonds. The first-order chi connectivity index (χ1) is 13.9. The molecule has 0 aromatic heterocycles. The Kier molecular flexibility index (Phi) is 6.09. The van der Waals surface area contributed by atoms with Gasteiger partial charge in [0.15, 0.2) is 0 Å². The van der Waals surface area contributed by atoms with Gasteiger partial charge in [-0.1, -0.05) is 48.1 Å². The van der Waals surface area contributed by atoms with Crippen molar-refractivity contribution in [2.75, 3.05) is 6.61 Å². The molecule has 0 aromatic carbocycles. The Bertz CT molecular complexity index is 722. The summed E-state index contributed by atoms with van der Waals surface area (Å²) in [6.45, 7) is 16.1. The van der Waals surface area contributed by atoms with E-state index in [1.165, 1.54) is 0 Å². The van der Waals surface area contributed by atoms with Crippen LogP contribution in [0.3, 0.4) is 0 Å². The lowest BCUT2D eigenvalue weighted by molar-refractivity contribution is -0.178. The standard InChI is InChI=1S/C24H36O6/c1-13(2)10-18(25)30-20-19-17(29-21(26)14(3)4)9-8-15(5)23(19,7)12-24(20)16(6)11-28-22(24)27/h13-15,17,19-20H,6,8-12H2,1-5,7H3. The molecule has 168 valence electrons. The smallest absolute Gasteiger partial charge is 0.320 e. The molecule has 3 fully saturated rings. The average molecular weight is 421 g/mol. The quantitative estimate of drug-likeness (QED) is 0.379. The molecular formula is C24H36O6. The highest BCUT2D eigenvalue weighted by Gasteiger charge is 2.72. The molecule has 1 saturated heterocycles. The molecule has 1 spiro atoms. The minimum atomic E-state index is -1.06. The summed E-state index contributed by atoms with van der Waals surface area (Å²) in [7, 11) is 0. The van der Waals surface area contributed by atoms with E-state index in [-0.39, 0.29) is 60.0 Å². The zero-order valence-corrected chi connectivity index (χ0v) is 19.2. The number of rotatable bonds is 5. The first-order valence-electron chi connectivity index (χ1n) is 11.2. The fraction of sp³-hybridized carbons (Fsp3) is 0.792. The van der Waals surface area contributed by atoms with E-state index in [9.17, 15) is 14.4 Å². The normalized spacial score (nSPS) is 38.1. The van der Waals surface area contributed by atoms with Crippen LogP contribution >= 0.6 is 0 Å². The molecule has 0 radical (unpaired) electrons. The first kappa shape index (κ1) is 22.8. The van der Waals surface area contributed by atoms with E-state index in [1.54, 1.807) is 13.8 Å². The Labute approximate surface area is 179 Å². The number of ether oxygens (including phenoxy) is 3. The summed E-state index contributed by atoms with van der Waals surface area (Å²) in [5.41, 5.74) is -0.742. The molecule has 6 atom stereocenters. The lowest BCUT2D eigenvalue weighted by Crippen LogP contribution is -2.50. The third-order valence-corrected chi connectivity index (χ3v) is 7.59. The molecule has 1 aliphatic heterocycles. The number of hydrogen-bond donors (Lipinski definition) is 0. The van der Waals surface area contributed by atoms with Gasteiger partial charge in [0.05, 0.1) is 5.92 Å². The number of fused-ring (bicyclic) bond motifs is 1. The van der Waals surface area contributed by atoms with Crippen LogP contribution in [0.2, 0.25) is 0 Å². The van der Waals surface area contributed by atoms with Gasteiger partial charge in [0.1, 0.15) is 24.2 Å². The van der Waals surface area contributed by atoms with Crippen molar-refractivity contribution in [3.8, 4) is 0 Å². The molecule has 3 rings (SSSR count). The maximum Gasteiger partial charge on any atom is 0.320 e. The van der Waals surface area contributed by atoms with Gasteiger partial charge >= 0.3 is 17.9 Å². The van der Waals surface area contributed by atoms with Crippen LogP contribution in [0.1, 0.15) is 67.2 Å². The van der Waals surface area contributed by atoms with Crippen LogP contribution in [-0.4, -0.2) is 36.7 Å². The van der Waals surface area contributed by atoms with Gasteiger partial charge in [0, 0.05) is 12.3 Å². The van der Waals surface area contributed by atoms with Gasteiger partial charge in [0.2, 0.25) is 0 Å². The highest BCUT2D eigenvalue weighted by molar-refractivity contribution is 5.86. The summed E-state index contributed by atoms with van der Waals surface area (Å²) >= 11 is 0. The molecule has 0 N–H and O–H groups in total. The third-order valence-electron chi connectivity index (χ3n) is 7.59. The molecule has 0 aromatic rings. The van der Waals surface area contributed by atoms with E-state index in [1.807, 2.05) is 13.8 Å². The van der Waals surface area contributed by atoms with Gasteiger partial charge in [0.25, 0.3) is 0 Å². The minimum absolute atomic E-state index is 0.139. The largest absolute Gasteiger partial charge is 0.462 e. The summed E-state index contributed by atoms with van der Waals surface area (Å²) in [4.78, 5) is 38.3. The van der Waals surface area contributed by atoms with E-state index in [2.05, 4.69) is 20.4 Å². The molecule has 3 aliphatic rings. The summed E-state index contributed by atoms with van der Waals surface area (Å²) in [5.74, 6) is -1.08. The van der Waals surface area contributed by atoms with Crippen LogP contribution < -0.4 is 0 Å².